The number of ether oxygens (including phenoxy) is 1. The lowest BCUT2D eigenvalue weighted by Gasteiger charge is -2.43. The Balaban J connectivity index is 1.38. The van der Waals surface area contributed by atoms with Crippen LogP contribution in [0.3, 0.4) is 0 Å². The van der Waals surface area contributed by atoms with Crippen molar-refractivity contribution in [1.29, 1.82) is 0 Å². The highest BCUT2D eigenvalue weighted by atomic mass is 16.5. The molecule has 1 spiro atoms. The molecule has 1 aromatic carbocycles. The lowest BCUT2D eigenvalue weighted by molar-refractivity contribution is -0.135. The first-order chi connectivity index (χ1) is 14.9. The first kappa shape index (κ1) is 21.4. The maximum atomic E-state index is 13.4. The molecule has 0 radical (unpaired) electrons. The number of likely N-dealkylation sites (N-methyl/N-ethyl adjacent to an activating group) is 1. The third kappa shape index (κ3) is 4.04. The van der Waals surface area contributed by atoms with E-state index in [4.69, 9.17) is 4.74 Å². The van der Waals surface area contributed by atoms with Crippen molar-refractivity contribution < 1.29 is 14.3 Å². The summed E-state index contributed by atoms with van der Waals surface area (Å²) in [6.45, 7) is 5.00. The van der Waals surface area contributed by atoms with Gasteiger partial charge >= 0.3 is 6.03 Å². The van der Waals surface area contributed by atoms with Gasteiger partial charge in [0, 0.05) is 45.1 Å². The number of hydrogen-bond acceptors (Lipinski definition) is 5. The molecule has 2 saturated heterocycles. The van der Waals surface area contributed by atoms with Crippen molar-refractivity contribution in [3.8, 4) is 5.75 Å². The number of urea groups is 1. The fraction of sp³-hybridized carbons (Fsp3) is 0.522. The third-order valence-electron chi connectivity index (χ3n) is 6.89. The second-order valence-electron chi connectivity index (χ2n) is 8.56. The number of nitrogens with zero attached hydrogens (tertiary/aromatic N) is 5. The summed E-state index contributed by atoms with van der Waals surface area (Å²) in [5.74, 6) is 0.685. The minimum Gasteiger partial charge on any atom is -0.497 e. The highest BCUT2D eigenvalue weighted by Gasteiger charge is 2.56. The van der Waals surface area contributed by atoms with E-state index in [9.17, 15) is 9.59 Å². The molecule has 2 aliphatic heterocycles. The number of hydrogen-bond donors (Lipinski definition) is 0. The standard InChI is InChI=1S/C23H31N5O3/c1-18(9-14-27-13-4-12-24-27)26-15-10-23(11-16-26)21(29)28(22(30)25(23)2)17-19-5-7-20(31-3)8-6-19/h4-8,12-13,18H,9-11,14-17H2,1-3H3. The van der Waals surface area contributed by atoms with Crippen LogP contribution < -0.4 is 4.74 Å². The Hall–Kier alpha value is -2.87. The molecule has 0 N–H and O–H groups in total. The first-order valence-corrected chi connectivity index (χ1v) is 10.9. The molecule has 3 heterocycles. The quantitative estimate of drug-likeness (QED) is 0.638. The summed E-state index contributed by atoms with van der Waals surface area (Å²) in [4.78, 5) is 31.8. The Morgan fingerprint density at radius 3 is 2.48 bits per heavy atom. The summed E-state index contributed by atoms with van der Waals surface area (Å²) in [6, 6.07) is 9.62. The number of rotatable bonds is 7. The van der Waals surface area contributed by atoms with Crippen molar-refractivity contribution in [2.45, 2.75) is 50.9 Å². The van der Waals surface area contributed by atoms with Gasteiger partial charge in [-0.15, -0.1) is 0 Å². The van der Waals surface area contributed by atoms with E-state index in [0.717, 1.165) is 37.4 Å². The molecule has 3 amide bonds. The molecule has 31 heavy (non-hydrogen) atoms. The summed E-state index contributed by atoms with van der Waals surface area (Å²) < 4.78 is 7.14. The molecule has 8 nitrogen and oxygen atoms in total. The minimum atomic E-state index is -0.720. The number of aromatic nitrogens is 2. The molecule has 2 aliphatic rings. The summed E-state index contributed by atoms with van der Waals surface area (Å²) >= 11 is 0. The Morgan fingerprint density at radius 1 is 1.16 bits per heavy atom. The second kappa shape index (κ2) is 8.70. The van der Waals surface area contributed by atoms with Crippen LogP contribution in [0.15, 0.2) is 42.7 Å². The van der Waals surface area contributed by atoms with Crippen LogP contribution in [0.1, 0.15) is 31.7 Å². The number of methoxy groups -OCH3 is 1. The number of carbonyl (C=O) groups excluding carboxylic acids is 2. The maximum Gasteiger partial charge on any atom is 0.327 e. The van der Waals surface area contributed by atoms with Gasteiger partial charge in [-0.05, 0) is 49.9 Å². The largest absolute Gasteiger partial charge is 0.497 e. The fourth-order valence-corrected chi connectivity index (χ4v) is 4.72. The van der Waals surface area contributed by atoms with Gasteiger partial charge in [-0.1, -0.05) is 12.1 Å². The van der Waals surface area contributed by atoms with Crippen LogP contribution >= 0.6 is 0 Å². The molecule has 1 atom stereocenters. The zero-order chi connectivity index (χ0) is 22.0. The van der Waals surface area contributed by atoms with E-state index in [1.165, 1.54) is 4.90 Å². The molecular weight excluding hydrogens is 394 g/mol. The van der Waals surface area contributed by atoms with E-state index in [1.54, 1.807) is 25.3 Å². The van der Waals surface area contributed by atoms with Gasteiger partial charge in [-0.25, -0.2) is 4.79 Å². The summed E-state index contributed by atoms with van der Waals surface area (Å²) in [6.07, 6.45) is 6.11. The van der Waals surface area contributed by atoms with Crippen molar-refractivity contribution in [3.63, 3.8) is 0 Å². The van der Waals surface area contributed by atoms with Crippen molar-refractivity contribution >= 4 is 11.9 Å². The fourth-order valence-electron chi connectivity index (χ4n) is 4.72. The van der Waals surface area contributed by atoms with Crippen LogP contribution in [0, 0.1) is 0 Å². The van der Waals surface area contributed by atoms with Gasteiger partial charge in [0.2, 0.25) is 0 Å². The Kier molecular flexibility index (Phi) is 6.00. The van der Waals surface area contributed by atoms with E-state index >= 15 is 0 Å². The molecule has 4 rings (SSSR count). The molecule has 8 heteroatoms. The third-order valence-corrected chi connectivity index (χ3v) is 6.89. The topological polar surface area (TPSA) is 70.9 Å². The van der Waals surface area contributed by atoms with Gasteiger partial charge < -0.3 is 14.5 Å². The SMILES string of the molecule is COc1ccc(CN2C(=O)N(C)C3(CCN(C(C)CCn4cccn4)CC3)C2=O)cc1. The summed E-state index contributed by atoms with van der Waals surface area (Å²) in [5, 5.41) is 4.27. The second-order valence-corrected chi connectivity index (χ2v) is 8.56. The van der Waals surface area contributed by atoms with E-state index in [0.29, 0.717) is 18.9 Å². The van der Waals surface area contributed by atoms with E-state index in [1.807, 2.05) is 41.2 Å². The van der Waals surface area contributed by atoms with Crippen LogP contribution in [0.5, 0.6) is 5.75 Å². The maximum absolute atomic E-state index is 13.4. The van der Waals surface area contributed by atoms with Crippen LogP contribution in [-0.4, -0.2) is 75.2 Å². The highest BCUT2D eigenvalue weighted by Crippen LogP contribution is 2.37. The lowest BCUT2D eigenvalue weighted by atomic mass is 9.85. The molecule has 1 unspecified atom stereocenters. The molecular formula is C23H31N5O3. The Bertz CT molecular complexity index is 904. The number of aryl methyl sites for hydroxylation is 1. The zero-order valence-corrected chi connectivity index (χ0v) is 18.5. The van der Waals surface area contributed by atoms with Gasteiger partial charge in [0.15, 0.2) is 0 Å². The van der Waals surface area contributed by atoms with Crippen molar-refractivity contribution in [2.75, 3.05) is 27.2 Å². The van der Waals surface area contributed by atoms with Crippen molar-refractivity contribution in [2.24, 2.45) is 0 Å². The van der Waals surface area contributed by atoms with Crippen LogP contribution in [0.2, 0.25) is 0 Å². The van der Waals surface area contributed by atoms with E-state index in [2.05, 4.69) is 16.9 Å². The monoisotopic (exact) mass is 425 g/mol. The van der Waals surface area contributed by atoms with Crippen molar-refractivity contribution in [1.82, 2.24) is 24.5 Å². The molecule has 0 saturated carbocycles. The molecule has 1 aromatic heterocycles. The average molecular weight is 426 g/mol. The van der Waals surface area contributed by atoms with Gasteiger partial charge in [0.1, 0.15) is 11.3 Å². The number of likely N-dealkylation sites (tertiary alicyclic amines) is 1. The molecule has 2 aromatic rings. The number of benzene rings is 1. The minimum absolute atomic E-state index is 0.0698. The molecule has 166 valence electrons. The first-order valence-electron chi connectivity index (χ1n) is 10.9. The van der Waals surface area contributed by atoms with Crippen LogP contribution in [0.4, 0.5) is 4.79 Å². The number of imide groups is 1. The predicted molar refractivity (Wildman–Crippen MR) is 117 cm³/mol. The van der Waals surface area contributed by atoms with E-state index < -0.39 is 5.54 Å². The normalized spacial score (nSPS) is 20.0. The van der Waals surface area contributed by atoms with Crippen LogP contribution in [-0.2, 0) is 17.9 Å². The summed E-state index contributed by atoms with van der Waals surface area (Å²) in [7, 11) is 3.39. The van der Waals surface area contributed by atoms with Gasteiger partial charge in [-0.2, -0.15) is 5.10 Å². The summed E-state index contributed by atoms with van der Waals surface area (Å²) in [5.41, 5.74) is 0.194. The van der Waals surface area contributed by atoms with Gasteiger partial charge in [0.05, 0.1) is 13.7 Å². The van der Waals surface area contributed by atoms with Gasteiger partial charge in [-0.3, -0.25) is 14.4 Å². The predicted octanol–water partition coefficient (Wildman–Crippen LogP) is 2.60. The number of carbonyl (C=O) groups is 2. The van der Waals surface area contributed by atoms with Gasteiger partial charge in [0.25, 0.3) is 5.91 Å². The Labute approximate surface area is 183 Å². The van der Waals surface area contributed by atoms with Crippen LogP contribution in [0.25, 0.3) is 0 Å². The number of amides is 3. The van der Waals surface area contributed by atoms with E-state index in [-0.39, 0.29) is 18.5 Å². The molecule has 0 aliphatic carbocycles. The highest BCUT2D eigenvalue weighted by molar-refractivity contribution is 6.06. The average Bonchev–Trinajstić information content (AvgIpc) is 3.38. The Morgan fingerprint density at radius 2 is 1.87 bits per heavy atom. The van der Waals surface area contributed by atoms with Crippen molar-refractivity contribution in [3.05, 3.63) is 48.3 Å². The lowest BCUT2D eigenvalue weighted by Crippen LogP contribution is -2.56. The molecule has 0 bridgehead atoms. The number of piperidine rings is 1. The zero-order valence-electron chi connectivity index (χ0n) is 18.5. The smallest absolute Gasteiger partial charge is 0.327 e. The molecule has 2 fully saturated rings.